The van der Waals surface area contributed by atoms with Gasteiger partial charge in [-0.3, -0.25) is 14.6 Å². The van der Waals surface area contributed by atoms with Gasteiger partial charge in [-0.15, -0.1) is 0 Å². The number of fused-ring (bicyclic) bond motifs is 1. The molecular weight excluding hydrogens is 396 g/mol. The van der Waals surface area contributed by atoms with Crippen molar-refractivity contribution in [2.45, 2.75) is 39.2 Å². The third-order valence-corrected chi connectivity index (χ3v) is 4.33. The number of ether oxygens (including phenoxy) is 2. The van der Waals surface area contributed by atoms with Crippen LogP contribution >= 0.6 is 0 Å². The van der Waals surface area contributed by atoms with Crippen LogP contribution in [-0.2, 0) is 25.5 Å². The number of pyridine rings is 1. The molecule has 2 aromatic rings. The van der Waals surface area contributed by atoms with E-state index in [9.17, 15) is 14.4 Å². The van der Waals surface area contributed by atoms with Gasteiger partial charge in [0.25, 0.3) is 5.91 Å². The summed E-state index contributed by atoms with van der Waals surface area (Å²) in [4.78, 5) is 40.6. The maximum atomic E-state index is 12.5. The van der Waals surface area contributed by atoms with Crippen molar-refractivity contribution in [1.29, 1.82) is 0 Å². The molecule has 0 aliphatic carbocycles. The number of methoxy groups -OCH3 is 1. The van der Waals surface area contributed by atoms with Crippen molar-refractivity contribution in [2.75, 3.05) is 13.7 Å². The van der Waals surface area contributed by atoms with Crippen LogP contribution in [0.2, 0.25) is 0 Å². The first-order chi connectivity index (χ1) is 14.6. The zero-order valence-electron chi connectivity index (χ0n) is 18.4. The van der Waals surface area contributed by atoms with Gasteiger partial charge in [0, 0.05) is 17.2 Å². The standard InChI is InChI=1S/C24H28N2O5/c1-6-7-17(23(29)31-24(2,3)4)10-8-16-9-11-20-19(14-16)18(12-13-25-20)22(28)26-15-21(27)30-5/h6-7,9,11-14H,1,8,10,15H2,2-5H3,(H,26,28)/b17-7+. The highest BCUT2D eigenvalue weighted by Crippen LogP contribution is 2.21. The fraction of sp³-hybridized carbons (Fsp3) is 0.333. The molecule has 1 amide bonds. The van der Waals surface area contributed by atoms with Gasteiger partial charge in [-0.1, -0.05) is 24.8 Å². The highest BCUT2D eigenvalue weighted by molar-refractivity contribution is 6.06. The van der Waals surface area contributed by atoms with Gasteiger partial charge in [0.15, 0.2) is 0 Å². The number of rotatable bonds is 8. The molecule has 0 saturated carbocycles. The molecule has 0 saturated heterocycles. The van der Waals surface area contributed by atoms with Crippen molar-refractivity contribution in [1.82, 2.24) is 10.3 Å². The third kappa shape index (κ3) is 7.06. The van der Waals surface area contributed by atoms with Crippen molar-refractivity contribution < 1.29 is 23.9 Å². The number of hydrogen-bond acceptors (Lipinski definition) is 6. The van der Waals surface area contributed by atoms with Crippen LogP contribution < -0.4 is 5.32 Å². The number of amides is 1. The maximum absolute atomic E-state index is 12.5. The molecule has 164 valence electrons. The number of esters is 2. The molecule has 0 aliphatic heterocycles. The minimum atomic E-state index is -0.585. The van der Waals surface area contributed by atoms with E-state index in [1.807, 2.05) is 39.0 Å². The van der Waals surface area contributed by atoms with E-state index in [-0.39, 0.29) is 12.5 Å². The topological polar surface area (TPSA) is 94.6 Å². The SMILES string of the molecule is C=C/C=C(\CCc1ccc2nccc(C(=O)NCC(=O)OC)c2c1)C(=O)OC(C)(C)C. The average molecular weight is 424 g/mol. The van der Waals surface area contributed by atoms with Crippen molar-refractivity contribution in [3.8, 4) is 0 Å². The molecule has 1 aromatic carbocycles. The summed E-state index contributed by atoms with van der Waals surface area (Å²) in [7, 11) is 1.26. The molecule has 1 aromatic heterocycles. The zero-order valence-corrected chi connectivity index (χ0v) is 18.4. The third-order valence-electron chi connectivity index (χ3n) is 4.33. The molecule has 0 unspecified atom stereocenters. The zero-order chi connectivity index (χ0) is 23.0. The Morgan fingerprint density at radius 3 is 2.58 bits per heavy atom. The van der Waals surface area contributed by atoms with Crippen LogP contribution in [0.5, 0.6) is 0 Å². The Hall–Kier alpha value is -3.48. The Kier molecular flexibility index (Phi) is 8.07. The minimum Gasteiger partial charge on any atom is -0.468 e. The molecule has 0 aliphatic rings. The van der Waals surface area contributed by atoms with Gasteiger partial charge in [-0.25, -0.2) is 4.79 Å². The molecule has 7 nitrogen and oxygen atoms in total. The van der Waals surface area contributed by atoms with Crippen molar-refractivity contribution >= 4 is 28.7 Å². The number of carbonyl (C=O) groups is 3. The lowest BCUT2D eigenvalue weighted by molar-refractivity contribution is -0.150. The van der Waals surface area contributed by atoms with Gasteiger partial charge in [0.2, 0.25) is 0 Å². The van der Waals surface area contributed by atoms with Gasteiger partial charge < -0.3 is 14.8 Å². The van der Waals surface area contributed by atoms with E-state index >= 15 is 0 Å². The van der Waals surface area contributed by atoms with Crippen molar-refractivity contribution in [3.05, 3.63) is 65.9 Å². The molecule has 0 radical (unpaired) electrons. The lowest BCUT2D eigenvalue weighted by Gasteiger charge is -2.20. The minimum absolute atomic E-state index is 0.218. The van der Waals surface area contributed by atoms with E-state index in [1.165, 1.54) is 7.11 Å². The van der Waals surface area contributed by atoms with Gasteiger partial charge in [0.05, 0.1) is 18.2 Å². The quantitative estimate of drug-likeness (QED) is 0.396. The van der Waals surface area contributed by atoms with Gasteiger partial charge in [-0.2, -0.15) is 0 Å². The number of allylic oxidation sites excluding steroid dienone is 2. The van der Waals surface area contributed by atoms with Crippen LogP contribution in [-0.4, -0.2) is 42.1 Å². The summed E-state index contributed by atoms with van der Waals surface area (Å²) in [6.07, 6.45) is 5.78. The Balaban J connectivity index is 2.22. The summed E-state index contributed by atoms with van der Waals surface area (Å²) in [5.41, 5.74) is 1.93. The number of aromatic nitrogens is 1. The lowest BCUT2D eigenvalue weighted by atomic mass is 10.00. The lowest BCUT2D eigenvalue weighted by Crippen LogP contribution is -2.30. The Labute approximate surface area is 182 Å². The van der Waals surface area contributed by atoms with Crippen LogP contribution in [0, 0.1) is 0 Å². The van der Waals surface area contributed by atoms with Crippen molar-refractivity contribution in [3.63, 3.8) is 0 Å². The summed E-state index contributed by atoms with van der Waals surface area (Å²) in [6.45, 7) is 8.91. The second kappa shape index (κ2) is 10.5. The molecule has 0 atom stereocenters. The molecule has 0 spiro atoms. The van der Waals surface area contributed by atoms with Crippen LogP contribution in [0.25, 0.3) is 10.9 Å². The first kappa shape index (κ1) is 23.8. The predicted octanol–water partition coefficient (Wildman–Crippen LogP) is 3.52. The first-order valence-electron chi connectivity index (χ1n) is 9.92. The fourth-order valence-corrected chi connectivity index (χ4v) is 2.89. The molecule has 7 heteroatoms. The molecule has 31 heavy (non-hydrogen) atoms. The smallest absolute Gasteiger partial charge is 0.334 e. The summed E-state index contributed by atoms with van der Waals surface area (Å²) in [5, 5.41) is 3.20. The van der Waals surface area contributed by atoms with E-state index in [1.54, 1.807) is 24.4 Å². The van der Waals surface area contributed by atoms with E-state index in [0.29, 0.717) is 34.9 Å². The molecule has 0 bridgehead atoms. The summed E-state index contributed by atoms with van der Waals surface area (Å²) in [5.74, 6) is -1.30. The highest BCUT2D eigenvalue weighted by atomic mass is 16.6. The van der Waals surface area contributed by atoms with E-state index in [2.05, 4.69) is 21.6 Å². The predicted molar refractivity (Wildman–Crippen MR) is 119 cm³/mol. The van der Waals surface area contributed by atoms with Gasteiger partial charge in [-0.05, 0) is 57.4 Å². The van der Waals surface area contributed by atoms with E-state index in [0.717, 1.165) is 5.56 Å². The maximum Gasteiger partial charge on any atom is 0.334 e. The van der Waals surface area contributed by atoms with E-state index < -0.39 is 17.5 Å². The van der Waals surface area contributed by atoms with Crippen LogP contribution in [0.4, 0.5) is 0 Å². The summed E-state index contributed by atoms with van der Waals surface area (Å²) >= 11 is 0. The normalized spacial score (nSPS) is 11.7. The molecule has 1 N–H and O–H groups in total. The number of carbonyl (C=O) groups excluding carboxylic acids is 3. The molecular formula is C24H28N2O5. The van der Waals surface area contributed by atoms with Gasteiger partial charge >= 0.3 is 11.9 Å². The first-order valence-corrected chi connectivity index (χ1v) is 9.92. The molecule has 0 fully saturated rings. The Morgan fingerprint density at radius 2 is 1.94 bits per heavy atom. The summed E-state index contributed by atoms with van der Waals surface area (Å²) in [6, 6.07) is 7.21. The number of nitrogens with one attached hydrogen (secondary N) is 1. The summed E-state index contributed by atoms with van der Waals surface area (Å²) < 4.78 is 10.0. The highest BCUT2D eigenvalue weighted by Gasteiger charge is 2.19. The largest absolute Gasteiger partial charge is 0.468 e. The van der Waals surface area contributed by atoms with Gasteiger partial charge in [0.1, 0.15) is 12.1 Å². The molecule has 2 rings (SSSR count). The number of nitrogens with zero attached hydrogens (tertiary/aromatic N) is 1. The van der Waals surface area contributed by atoms with Crippen LogP contribution in [0.3, 0.4) is 0 Å². The second-order valence-corrected chi connectivity index (χ2v) is 7.90. The Bertz CT molecular complexity index is 1020. The van der Waals surface area contributed by atoms with Crippen LogP contribution in [0.15, 0.2) is 54.8 Å². The Morgan fingerprint density at radius 1 is 1.19 bits per heavy atom. The average Bonchev–Trinajstić information content (AvgIpc) is 2.72. The number of aryl methyl sites for hydroxylation is 1. The number of hydrogen-bond donors (Lipinski definition) is 1. The molecule has 1 heterocycles. The van der Waals surface area contributed by atoms with Crippen LogP contribution in [0.1, 0.15) is 43.1 Å². The fourth-order valence-electron chi connectivity index (χ4n) is 2.89. The monoisotopic (exact) mass is 424 g/mol. The van der Waals surface area contributed by atoms with E-state index in [4.69, 9.17) is 4.74 Å². The van der Waals surface area contributed by atoms with Crippen molar-refractivity contribution in [2.24, 2.45) is 0 Å². The second-order valence-electron chi connectivity index (χ2n) is 7.90. The number of benzene rings is 1.